The van der Waals surface area contributed by atoms with Crippen LogP contribution in [0.5, 0.6) is 0 Å². The second-order valence-corrected chi connectivity index (χ2v) is 8.14. The molecule has 1 aromatic rings. The minimum absolute atomic E-state index is 0.0643. The quantitative estimate of drug-likeness (QED) is 0.821. The Kier molecular flexibility index (Phi) is 3.86. The molecule has 1 saturated carbocycles. The summed E-state index contributed by atoms with van der Waals surface area (Å²) in [5.41, 5.74) is -0.665. The van der Waals surface area contributed by atoms with E-state index in [4.69, 9.17) is 0 Å². The lowest BCUT2D eigenvalue weighted by molar-refractivity contribution is -0.143. The van der Waals surface area contributed by atoms with Gasteiger partial charge in [-0.1, -0.05) is 18.2 Å². The molecule has 1 aromatic carbocycles. The van der Waals surface area contributed by atoms with Crippen molar-refractivity contribution in [2.24, 2.45) is 0 Å². The van der Waals surface area contributed by atoms with Crippen molar-refractivity contribution in [2.45, 2.75) is 36.5 Å². The first kappa shape index (κ1) is 15.3. The highest BCUT2D eigenvalue weighted by Crippen LogP contribution is 2.35. The Labute approximate surface area is 130 Å². The highest BCUT2D eigenvalue weighted by Gasteiger charge is 2.48. The van der Waals surface area contributed by atoms with Gasteiger partial charge < -0.3 is 10.4 Å². The number of hydrogen-bond donors (Lipinski definition) is 2. The second-order valence-electron chi connectivity index (χ2n) is 6.00. The molecule has 0 spiro atoms. The Balaban J connectivity index is 1.97. The zero-order valence-corrected chi connectivity index (χ0v) is 13.1. The largest absolute Gasteiger partial charge is 0.480 e. The van der Waals surface area contributed by atoms with Crippen LogP contribution >= 0.6 is 0 Å². The lowest BCUT2D eigenvalue weighted by Gasteiger charge is -2.33. The van der Waals surface area contributed by atoms with Crippen molar-refractivity contribution in [2.75, 3.05) is 17.4 Å². The molecule has 2 N–H and O–H groups in total. The molecule has 0 radical (unpaired) electrons. The van der Waals surface area contributed by atoms with Crippen LogP contribution < -0.4 is 9.62 Å². The number of aliphatic carboxylic acids is 1. The zero-order valence-electron chi connectivity index (χ0n) is 12.2. The first-order valence-corrected chi connectivity index (χ1v) is 9.01. The maximum atomic E-state index is 12.8. The molecule has 1 heterocycles. The first-order chi connectivity index (χ1) is 10.5. The summed E-state index contributed by atoms with van der Waals surface area (Å²) in [6.45, 7) is 0.531. The van der Waals surface area contributed by atoms with Crippen LogP contribution in [-0.2, 0) is 14.8 Å². The number of anilines is 1. The van der Waals surface area contributed by atoms with E-state index in [0.717, 1.165) is 6.42 Å². The summed E-state index contributed by atoms with van der Waals surface area (Å²) < 4.78 is 26.8. The van der Waals surface area contributed by atoms with Crippen LogP contribution in [0.2, 0.25) is 0 Å². The molecule has 2 aliphatic rings. The molecule has 0 bridgehead atoms. The van der Waals surface area contributed by atoms with Crippen LogP contribution in [0.25, 0.3) is 0 Å². The molecule has 1 saturated heterocycles. The molecule has 120 valence electrons. The average molecular weight is 324 g/mol. The molecule has 22 heavy (non-hydrogen) atoms. The number of benzene rings is 1. The van der Waals surface area contributed by atoms with Crippen LogP contribution in [0.3, 0.4) is 0 Å². The lowest BCUT2D eigenvalue weighted by Crippen LogP contribution is -2.57. The molecule has 1 aliphatic heterocycles. The minimum atomic E-state index is -3.51. The molecule has 7 heteroatoms. The van der Waals surface area contributed by atoms with Gasteiger partial charge in [0, 0.05) is 0 Å². The van der Waals surface area contributed by atoms with Gasteiger partial charge in [-0.15, -0.1) is 0 Å². The van der Waals surface area contributed by atoms with E-state index in [0.29, 0.717) is 31.5 Å². The van der Waals surface area contributed by atoms with Crippen molar-refractivity contribution in [1.82, 2.24) is 5.32 Å². The van der Waals surface area contributed by atoms with Crippen molar-refractivity contribution < 1.29 is 18.3 Å². The van der Waals surface area contributed by atoms with E-state index in [2.05, 4.69) is 5.32 Å². The number of rotatable bonds is 6. The second kappa shape index (κ2) is 5.55. The molecular weight excluding hydrogens is 304 g/mol. The van der Waals surface area contributed by atoms with Crippen molar-refractivity contribution in [3.05, 3.63) is 30.3 Å². The third kappa shape index (κ3) is 2.70. The summed E-state index contributed by atoms with van der Waals surface area (Å²) in [6, 6.07) is 8.77. The van der Waals surface area contributed by atoms with Gasteiger partial charge in [-0.3, -0.25) is 9.10 Å². The summed E-state index contributed by atoms with van der Waals surface area (Å²) in [5, 5.41) is 12.2. The average Bonchev–Trinajstić information content (AvgIpc) is 3.26. The highest BCUT2D eigenvalue weighted by molar-refractivity contribution is 7.93. The number of carboxylic acid groups (broad SMARTS) is 1. The molecule has 0 aromatic heterocycles. The van der Waals surface area contributed by atoms with Gasteiger partial charge in [0.1, 0.15) is 5.54 Å². The molecular formula is C15H20N2O4S. The molecule has 2 fully saturated rings. The van der Waals surface area contributed by atoms with E-state index in [1.165, 1.54) is 4.31 Å². The molecule has 0 unspecified atom stereocenters. The Morgan fingerprint density at radius 3 is 2.50 bits per heavy atom. The molecule has 1 aliphatic carbocycles. The zero-order chi connectivity index (χ0) is 15.8. The predicted octanol–water partition coefficient (Wildman–Crippen LogP) is 1.19. The fourth-order valence-electron chi connectivity index (χ4n) is 2.90. The van der Waals surface area contributed by atoms with E-state index in [9.17, 15) is 18.3 Å². The monoisotopic (exact) mass is 324 g/mol. The van der Waals surface area contributed by atoms with E-state index in [-0.39, 0.29) is 11.8 Å². The van der Waals surface area contributed by atoms with Gasteiger partial charge >= 0.3 is 5.97 Å². The summed E-state index contributed by atoms with van der Waals surface area (Å²) in [7, 11) is -3.51. The SMILES string of the molecule is O=C(O)[C@]1(CN(c2ccccc2)S(=O)(=O)C2CC2)CCCN1. The molecule has 1 atom stereocenters. The third-order valence-electron chi connectivity index (χ3n) is 4.36. The Morgan fingerprint density at radius 1 is 1.32 bits per heavy atom. The maximum absolute atomic E-state index is 12.8. The van der Waals surface area contributed by atoms with E-state index < -0.39 is 21.5 Å². The number of sulfonamides is 1. The Morgan fingerprint density at radius 2 is 2.00 bits per heavy atom. The fraction of sp³-hybridized carbons (Fsp3) is 0.533. The van der Waals surface area contributed by atoms with Gasteiger partial charge in [0.25, 0.3) is 0 Å². The number of carboxylic acids is 1. The normalized spacial score (nSPS) is 25.1. The predicted molar refractivity (Wildman–Crippen MR) is 83.3 cm³/mol. The van der Waals surface area contributed by atoms with Crippen molar-refractivity contribution in [1.29, 1.82) is 0 Å². The molecule has 0 amide bonds. The minimum Gasteiger partial charge on any atom is -0.480 e. The first-order valence-electron chi connectivity index (χ1n) is 7.51. The van der Waals surface area contributed by atoms with Crippen LogP contribution in [0.4, 0.5) is 5.69 Å². The van der Waals surface area contributed by atoms with Gasteiger partial charge in [-0.25, -0.2) is 8.42 Å². The molecule has 6 nitrogen and oxygen atoms in total. The topological polar surface area (TPSA) is 86.7 Å². The van der Waals surface area contributed by atoms with E-state index >= 15 is 0 Å². The van der Waals surface area contributed by atoms with Gasteiger partial charge in [0.2, 0.25) is 10.0 Å². The maximum Gasteiger partial charge on any atom is 0.325 e. The van der Waals surface area contributed by atoms with Crippen molar-refractivity contribution >= 4 is 21.7 Å². The van der Waals surface area contributed by atoms with Gasteiger partial charge in [0.05, 0.1) is 17.5 Å². The van der Waals surface area contributed by atoms with Gasteiger partial charge in [-0.05, 0) is 44.4 Å². The van der Waals surface area contributed by atoms with Gasteiger partial charge in [0.15, 0.2) is 0 Å². The Hall–Kier alpha value is -1.60. The summed E-state index contributed by atoms with van der Waals surface area (Å²) in [5.74, 6) is -0.989. The van der Waals surface area contributed by atoms with Crippen molar-refractivity contribution in [3.8, 4) is 0 Å². The van der Waals surface area contributed by atoms with Crippen LogP contribution in [0.1, 0.15) is 25.7 Å². The van der Waals surface area contributed by atoms with Crippen LogP contribution in [0, 0.1) is 0 Å². The number of para-hydroxylation sites is 1. The summed E-state index contributed by atoms with van der Waals surface area (Å²) in [6.07, 6.45) is 2.47. The summed E-state index contributed by atoms with van der Waals surface area (Å²) >= 11 is 0. The number of hydrogen-bond acceptors (Lipinski definition) is 4. The standard InChI is InChI=1S/C15H20N2O4S/c18-14(19)15(9-4-10-16-15)11-17(12-5-2-1-3-6-12)22(20,21)13-7-8-13/h1-3,5-6,13,16H,4,7-11H2,(H,18,19)/t15-/m1/s1. The number of nitrogens with zero attached hydrogens (tertiary/aromatic N) is 1. The smallest absolute Gasteiger partial charge is 0.325 e. The Bertz CT molecular complexity index is 649. The summed E-state index contributed by atoms with van der Waals surface area (Å²) in [4.78, 5) is 11.7. The van der Waals surface area contributed by atoms with Crippen LogP contribution in [0.15, 0.2) is 30.3 Å². The van der Waals surface area contributed by atoms with Gasteiger partial charge in [-0.2, -0.15) is 0 Å². The number of nitrogens with one attached hydrogen (secondary N) is 1. The van der Waals surface area contributed by atoms with E-state index in [1.807, 2.05) is 6.07 Å². The van der Waals surface area contributed by atoms with E-state index in [1.54, 1.807) is 24.3 Å². The number of carbonyl (C=O) groups is 1. The highest BCUT2D eigenvalue weighted by atomic mass is 32.2. The fourth-order valence-corrected chi connectivity index (χ4v) is 4.81. The van der Waals surface area contributed by atoms with Crippen LogP contribution in [-0.4, -0.2) is 43.4 Å². The lowest BCUT2D eigenvalue weighted by atomic mass is 9.97. The third-order valence-corrected chi connectivity index (χ3v) is 6.63. The van der Waals surface area contributed by atoms with Crippen molar-refractivity contribution in [3.63, 3.8) is 0 Å². The molecule has 3 rings (SSSR count).